The van der Waals surface area contributed by atoms with Crippen LogP contribution in [0.3, 0.4) is 0 Å². The number of hydrogen-bond acceptors (Lipinski definition) is 5. The molecule has 1 heterocycles. The molecule has 3 atom stereocenters. The molecule has 0 saturated heterocycles. The van der Waals surface area contributed by atoms with Gasteiger partial charge in [0.15, 0.2) is 6.61 Å². The fraction of sp³-hybridized carbons (Fsp3) is 0.303. The number of rotatable bonds is 10. The first-order valence-corrected chi connectivity index (χ1v) is 14.0. The van der Waals surface area contributed by atoms with Crippen LogP contribution in [0.1, 0.15) is 31.9 Å². The number of para-hydroxylation sites is 1. The zero-order chi connectivity index (χ0) is 32.1. The Morgan fingerprint density at radius 3 is 2.00 bits per heavy atom. The van der Waals surface area contributed by atoms with Gasteiger partial charge in [-0.3, -0.25) is 19.3 Å². The molecule has 0 radical (unpaired) electrons. The summed E-state index contributed by atoms with van der Waals surface area (Å²) < 4.78 is 50.2. The Balaban J connectivity index is 1.91. The standard InChI is InChI=1S/C33H34F3N3O5/c1-22(2)30-31(42)39(28(19-24-13-7-4-8-14-24)32(43,33(34,35)36)37-23(3)40)27(25-15-9-5-10-16-25)20-38(30)29(41)21-44-26-17-11-6-12-18-26/h4-18,20,22,28,30,43H,19,21H2,1-3H3,(H,37,40). The summed E-state index contributed by atoms with van der Waals surface area (Å²) in [5.74, 6) is -2.73. The summed E-state index contributed by atoms with van der Waals surface area (Å²) in [5.41, 5.74) is -3.23. The number of nitrogens with one attached hydrogen (secondary N) is 1. The molecule has 3 aromatic carbocycles. The van der Waals surface area contributed by atoms with Crippen LogP contribution in [0.2, 0.25) is 0 Å². The van der Waals surface area contributed by atoms with Crippen LogP contribution in [-0.2, 0) is 20.8 Å². The molecule has 0 aromatic heterocycles. The van der Waals surface area contributed by atoms with Crippen molar-refractivity contribution in [1.29, 1.82) is 0 Å². The number of ether oxygens (including phenoxy) is 1. The Morgan fingerprint density at radius 1 is 0.932 bits per heavy atom. The van der Waals surface area contributed by atoms with E-state index in [1.807, 2.05) is 0 Å². The van der Waals surface area contributed by atoms with Crippen molar-refractivity contribution in [3.63, 3.8) is 0 Å². The van der Waals surface area contributed by atoms with Gasteiger partial charge in [0.1, 0.15) is 11.8 Å². The van der Waals surface area contributed by atoms with Gasteiger partial charge in [-0.2, -0.15) is 13.2 Å². The Hall–Kier alpha value is -4.64. The van der Waals surface area contributed by atoms with E-state index >= 15 is 0 Å². The average Bonchev–Trinajstić information content (AvgIpc) is 2.98. The van der Waals surface area contributed by atoms with Gasteiger partial charge < -0.3 is 20.1 Å². The molecular weight excluding hydrogens is 575 g/mol. The summed E-state index contributed by atoms with van der Waals surface area (Å²) in [4.78, 5) is 42.2. The summed E-state index contributed by atoms with van der Waals surface area (Å²) in [6.07, 6.45) is -4.56. The third-order valence-corrected chi connectivity index (χ3v) is 7.27. The highest BCUT2D eigenvalue weighted by atomic mass is 19.4. The molecule has 3 unspecified atom stereocenters. The van der Waals surface area contributed by atoms with Crippen molar-refractivity contribution in [1.82, 2.24) is 15.1 Å². The number of aliphatic hydroxyl groups is 1. The molecule has 44 heavy (non-hydrogen) atoms. The summed E-state index contributed by atoms with van der Waals surface area (Å²) in [6, 6.07) is 21.4. The van der Waals surface area contributed by atoms with Crippen LogP contribution in [0.5, 0.6) is 5.75 Å². The van der Waals surface area contributed by atoms with E-state index in [9.17, 15) is 32.7 Å². The molecule has 11 heteroatoms. The summed E-state index contributed by atoms with van der Waals surface area (Å²) in [6.45, 7) is 3.74. The quantitative estimate of drug-likeness (QED) is 0.323. The van der Waals surface area contributed by atoms with Crippen molar-refractivity contribution in [2.75, 3.05) is 6.61 Å². The molecule has 0 saturated carbocycles. The Bertz CT molecular complexity index is 1480. The molecule has 1 aliphatic rings. The molecule has 1 aliphatic heterocycles. The lowest BCUT2D eigenvalue weighted by Crippen LogP contribution is -2.72. The lowest BCUT2D eigenvalue weighted by atomic mass is 9.89. The van der Waals surface area contributed by atoms with Gasteiger partial charge in [0.05, 0.1) is 11.7 Å². The highest BCUT2D eigenvalue weighted by Gasteiger charge is 2.63. The maximum absolute atomic E-state index is 14.8. The minimum absolute atomic E-state index is 0.0606. The van der Waals surface area contributed by atoms with Crippen molar-refractivity contribution in [3.05, 3.63) is 108 Å². The molecule has 0 spiro atoms. The first-order valence-electron chi connectivity index (χ1n) is 14.0. The zero-order valence-electron chi connectivity index (χ0n) is 24.5. The fourth-order valence-electron chi connectivity index (χ4n) is 5.24. The van der Waals surface area contributed by atoms with Crippen LogP contribution in [-0.4, -0.2) is 63.2 Å². The van der Waals surface area contributed by atoms with Gasteiger partial charge in [-0.15, -0.1) is 0 Å². The van der Waals surface area contributed by atoms with Gasteiger partial charge in [0.2, 0.25) is 5.91 Å². The number of amides is 3. The normalized spacial score (nSPS) is 17.5. The van der Waals surface area contributed by atoms with E-state index in [2.05, 4.69) is 0 Å². The largest absolute Gasteiger partial charge is 0.484 e. The molecule has 0 fully saturated rings. The van der Waals surface area contributed by atoms with Gasteiger partial charge in [-0.05, 0) is 35.6 Å². The van der Waals surface area contributed by atoms with E-state index in [1.165, 1.54) is 11.1 Å². The van der Waals surface area contributed by atoms with E-state index in [4.69, 9.17) is 4.74 Å². The minimum Gasteiger partial charge on any atom is -0.484 e. The molecule has 0 aliphatic carbocycles. The lowest BCUT2D eigenvalue weighted by molar-refractivity contribution is -0.287. The van der Waals surface area contributed by atoms with Crippen LogP contribution in [0, 0.1) is 5.92 Å². The van der Waals surface area contributed by atoms with Gasteiger partial charge >= 0.3 is 6.18 Å². The number of halogens is 3. The second-order valence-electron chi connectivity index (χ2n) is 10.8. The maximum atomic E-state index is 14.8. The van der Waals surface area contributed by atoms with Crippen molar-refractivity contribution in [2.24, 2.45) is 5.92 Å². The van der Waals surface area contributed by atoms with Crippen LogP contribution in [0.15, 0.2) is 97.2 Å². The van der Waals surface area contributed by atoms with E-state index in [0.29, 0.717) is 16.9 Å². The number of carbonyl (C=O) groups is 3. The number of hydrogen-bond donors (Lipinski definition) is 2. The topological polar surface area (TPSA) is 99.2 Å². The van der Waals surface area contributed by atoms with Crippen LogP contribution < -0.4 is 10.1 Å². The zero-order valence-corrected chi connectivity index (χ0v) is 24.5. The molecule has 4 rings (SSSR count). The van der Waals surface area contributed by atoms with E-state index < -0.39 is 60.7 Å². The molecular formula is C33H34F3N3O5. The summed E-state index contributed by atoms with van der Waals surface area (Å²) >= 11 is 0. The Kier molecular flexibility index (Phi) is 9.78. The highest BCUT2D eigenvalue weighted by molar-refractivity contribution is 5.98. The van der Waals surface area contributed by atoms with Crippen molar-refractivity contribution in [3.8, 4) is 5.75 Å². The number of carbonyl (C=O) groups excluding carboxylic acids is 3. The highest BCUT2D eigenvalue weighted by Crippen LogP contribution is 2.41. The van der Waals surface area contributed by atoms with Crippen molar-refractivity contribution in [2.45, 2.75) is 51.2 Å². The smallest absolute Gasteiger partial charge is 0.438 e. The van der Waals surface area contributed by atoms with Gasteiger partial charge in [0.25, 0.3) is 17.5 Å². The molecule has 8 nitrogen and oxygen atoms in total. The molecule has 0 bridgehead atoms. The monoisotopic (exact) mass is 609 g/mol. The van der Waals surface area contributed by atoms with Gasteiger partial charge in [-0.25, -0.2) is 0 Å². The number of benzene rings is 3. The molecule has 232 valence electrons. The van der Waals surface area contributed by atoms with Crippen LogP contribution in [0.4, 0.5) is 13.2 Å². The molecule has 3 aromatic rings. The minimum atomic E-state index is -5.40. The van der Waals surface area contributed by atoms with E-state index in [1.54, 1.807) is 110 Å². The Labute approximate surface area is 253 Å². The predicted molar refractivity (Wildman–Crippen MR) is 157 cm³/mol. The van der Waals surface area contributed by atoms with Crippen LogP contribution in [0.25, 0.3) is 5.70 Å². The SMILES string of the molecule is CC(=O)NC(O)(C(Cc1ccccc1)N1C(=O)C(C(C)C)N(C(=O)COc2ccccc2)C=C1c1ccccc1)C(F)(F)F. The molecule has 2 N–H and O–H groups in total. The molecule has 3 amide bonds. The van der Waals surface area contributed by atoms with Gasteiger partial charge in [0, 0.05) is 13.1 Å². The summed E-state index contributed by atoms with van der Waals surface area (Å²) in [5, 5.41) is 13.1. The Morgan fingerprint density at radius 2 is 1.48 bits per heavy atom. The van der Waals surface area contributed by atoms with E-state index in [-0.39, 0.29) is 5.70 Å². The number of alkyl halides is 3. The second kappa shape index (κ2) is 13.3. The maximum Gasteiger partial charge on any atom is 0.438 e. The first kappa shape index (κ1) is 32.3. The van der Waals surface area contributed by atoms with Crippen molar-refractivity contribution >= 4 is 23.4 Å². The third kappa shape index (κ3) is 6.94. The van der Waals surface area contributed by atoms with Crippen LogP contribution >= 0.6 is 0 Å². The predicted octanol–water partition coefficient (Wildman–Crippen LogP) is 4.76. The van der Waals surface area contributed by atoms with Gasteiger partial charge in [-0.1, -0.05) is 92.7 Å². The second-order valence-corrected chi connectivity index (χ2v) is 10.8. The lowest BCUT2D eigenvalue weighted by Gasteiger charge is -2.49. The average molecular weight is 610 g/mol. The van der Waals surface area contributed by atoms with E-state index in [0.717, 1.165) is 11.8 Å². The number of nitrogens with zero attached hydrogens (tertiary/aromatic N) is 2. The fourth-order valence-corrected chi connectivity index (χ4v) is 5.24. The van der Waals surface area contributed by atoms with Crippen molar-refractivity contribution < 1.29 is 37.4 Å². The summed E-state index contributed by atoms with van der Waals surface area (Å²) in [7, 11) is 0. The first-order chi connectivity index (χ1) is 20.8. The third-order valence-electron chi connectivity index (χ3n) is 7.27.